The van der Waals surface area contributed by atoms with Crippen molar-refractivity contribution in [3.05, 3.63) is 41.6 Å². The van der Waals surface area contributed by atoms with E-state index >= 15 is 0 Å². The summed E-state index contributed by atoms with van der Waals surface area (Å²) in [6, 6.07) is 7.52. The molecule has 0 saturated carbocycles. The Hall–Kier alpha value is -2.67. The van der Waals surface area contributed by atoms with Crippen LogP contribution in [0.4, 0.5) is 18.9 Å². The third-order valence-corrected chi connectivity index (χ3v) is 1.89. The van der Waals surface area contributed by atoms with Gasteiger partial charge in [-0.2, -0.15) is 23.7 Å². The number of hydrazine groups is 1. The Labute approximate surface area is 101 Å². The maximum Gasteiger partial charge on any atom is 0.416 e. The van der Waals surface area contributed by atoms with E-state index in [1.54, 1.807) is 12.1 Å². The predicted molar refractivity (Wildman–Crippen MR) is 57.5 cm³/mol. The van der Waals surface area contributed by atoms with Gasteiger partial charge < -0.3 is 10.9 Å². The lowest BCUT2D eigenvalue weighted by Gasteiger charge is -2.09. The van der Waals surface area contributed by atoms with Crippen molar-refractivity contribution >= 4 is 5.69 Å². The highest BCUT2D eigenvalue weighted by Gasteiger charge is 2.29. The summed E-state index contributed by atoms with van der Waals surface area (Å²) < 4.78 is 36.8. The van der Waals surface area contributed by atoms with E-state index in [1.165, 1.54) is 12.1 Å². The maximum atomic E-state index is 12.3. The number of nitrogens with zero attached hydrogens (tertiary/aromatic N) is 2. The molecule has 0 radical (unpaired) electrons. The third kappa shape index (κ3) is 3.72. The minimum Gasteiger partial charge on any atom is -0.306 e. The smallest absolute Gasteiger partial charge is 0.306 e. The van der Waals surface area contributed by atoms with E-state index in [1.807, 2.05) is 0 Å². The first-order valence-corrected chi connectivity index (χ1v) is 4.66. The summed E-state index contributed by atoms with van der Waals surface area (Å²) in [6.45, 7) is 0. The lowest BCUT2D eigenvalue weighted by molar-refractivity contribution is -0.137. The second-order valence-electron chi connectivity index (χ2n) is 3.13. The van der Waals surface area contributed by atoms with Gasteiger partial charge >= 0.3 is 6.18 Å². The van der Waals surface area contributed by atoms with Gasteiger partial charge in [0.15, 0.2) is 0 Å². The number of hydrogen-bond donors (Lipinski definition) is 2. The van der Waals surface area contributed by atoms with Gasteiger partial charge in [0, 0.05) is 6.20 Å². The fraction of sp³-hybridized carbons (Fsp3) is 0.0909. The molecule has 4 nitrogen and oxygen atoms in total. The Kier molecular flexibility index (Phi) is 4.16. The van der Waals surface area contributed by atoms with Gasteiger partial charge in [0.1, 0.15) is 17.7 Å². The Morgan fingerprint density at radius 2 is 1.67 bits per heavy atom. The molecule has 1 aromatic rings. The van der Waals surface area contributed by atoms with E-state index < -0.39 is 11.7 Å². The first-order valence-electron chi connectivity index (χ1n) is 4.66. The first kappa shape index (κ1) is 13.4. The van der Waals surface area contributed by atoms with E-state index in [0.29, 0.717) is 5.69 Å². The van der Waals surface area contributed by atoms with E-state index in [-0.39, 0.29) is 5.57 Å². The minimum absolute atomic E-state index is 0.158. The lowest BCUT2D eigenvalue weighted by Crippen LogP contribution is -2.15. The van der Waals surface area contributed by atoms with Crippen molar-refractivity contribution in [2.24, 2.45) is 0 Å². The fourth-order valence-electron chi connectivity index (χ4n) is 1.02. The molecule has 18 heavy (non-hydrogen) atoms. The number of benzene rings is 1. The summed E-state index contributed by atoms with van der Waals surface area (Å²) >= 11 is 0. The summed E-state index contributed by atoms with van der Waals surface area (Å²) in [5.74, 6) is 0. The molecular formula is C11H7F3N4. The van der Waals surface area contributed by atoms with Crippen molar-refractivity contribution in [3.8, 4) is 12.1 Å². The molecule has 2 N–H and O–H groups in total. The molecule has 0 unspecified atom stereocenters. The number of halogens is 3. The molecule has 0 amide bonds. The van der Waals surface area contributed by atoms with E-state index in [0.717, 1.165) is 18.3 Å². The largest absolute Gasteiger partial charge is 0.416 e. The number of allylic oxidation sites excluding steroid dienone is 1. The molecular weight excluding hydrogens is 245 g/mol. The highest BCUT2D eigenvalue weighted by atomic mass is 19.4. The monoisotopic (exact) mass is 252 g/mol. The van der Waals surface area contributed by atoms with Crippen LogP contribution in [-0.4, -0.2) is 0 Å². The van der Waals surface area contributed by atoms with Gasteiger partial charge in [-0.05, 0) is 24.3 Å². The predicted octanol–water partition coefficient (Wildman–Crippen LogP) is 2.55. The van der Waals surface area contributed by atoms with Gasteiger partial charge in [0.05, 0.1) is 11.3 Å². The third-order valence-electron chi connectivity index (χ3n) is 1.89. The van der Waals surface area contributed by atoms with Crippen molar-refractivity contribution in [1.82, 2.24) is 5.43 Å². The molecule has 0 heterocycles. The van der Waals surface area contributed by atoms with Crippen LogP contribution in [0.3, 0.4) is 0 Å². The second-order valence-corrected chi connectivity index (χ2v) is 3.13. The highest BCUT2D eigenvalue weighted by Crippen LogP contribution is 2.29. The van der Waals surface area contributed by atoms with Gasteiger partial charge in [-0.1, -0.05) is 0 Å². The molecule has 7 heteroatoms. The molecule has 0 aliphatic rings. The average Bonchev–Trinajstić information content (AvgIpc) is 2.34. The van der Waals surface area contributed by atoms with Crippen LogP contribution in [0.25, 0.3) is 0 Å². The Balaban J connectivity index is 2.64. The minimum atomic E-state index is -4.37. The zero-order chi connectivity index (χ0) is 13.6. The quantitative estimate of drug-likeness (QED) is 0.640. The van der Waals surface area contributed by atoms with Crippen LogP contribution in [0, 0.1) is 22.7 Å². The molecule has 0 spiro atoms. The van der Waals surface area contributed by atoms with Crippen LogP contribution in [0.15, 0.2) is 36.0 Å². The van der Waals surface area contributed by atoms with E-state index in [2.05, 4.69) is 10.9 Å². The van der Waals surface area contributed by atoms with Crippen LogP contribution < -0.4 is 10.9 Å². The Morgan fingerprint density at radius 1 is 1.11 bits per heavy atom. The normalized spacial score (nSPS) is 9.83. The SMILES string of the molecule is N#CC(C#N)=CNNc1ccc(C(F)(F)F)cc1. The number of anilines is 1. The zero-order valence-corrected chi connectivity index (χ0v) is 8.92. The topological polar surface area (TPSA) is 71.6 Å². The van der Waals surface area contributed by atoms with Gasteiger partial charge in [-0.15, -0.1) is 0 Å². The number of alkyl halides is 3. The van der Waals surface area contributed by atoms with Gasteiger partial charge in [-0.25, -0.2) is 0 Å². The summed E-state index contributed by atoms with van der Waals surface area (Å²) in [4.78, 5) is 0. The zero-order valence-electron chi connectivity index (χ0n) is 8.92. The van der Waals surface area contributed by atoms with Gasteiger partial charge in [0.2, 0.25) is 0 Å². The molecule has 0 fully saturated rings. The molecule has 1 rings (SSSR count). The van der Waals surface area contributed by atoms with Crippen molar-refractivity contribution in [2.45, 2.75) is 6.18 Å². The van der Waals surface area contributed by atoms with E-state index in [4.69, 9.17) is 10.5 Å². The van der Waals surface area contributed by atoms with Crippen molar-refractivity contribution in [2.75, 3.05) is 5.43 Å². The molecule has 0 atom stereocenters. The summed E-state index contributed by atoms with van der Waals surface area (Å²) in [7, 11) is 0. The molecule has 0 saturated heterocycles. The Morgan fingerprint density at radius 3 is 2.11 bits per heavy atom. The molecule has 0 aromatic heterocycles. The fourth-order valence-corrected chi connectivity index (χ4v) is 1.02. The lowest BCUT2D eigenvalue weighted by atomic mass is 10.2. The van der Waals surface area contributed by atoms with Crippen LogP contribution in [0.5, 0.6) is 0 Å². The second kappa shape index (κ2) is 5.60. The molecule has 0 aliphatic heterocycles. The summed E-state index contributed by atoms with van der Waals surface area (Å²) in [5, 5.41) is 16.8. The van der Waals surface area contributed by atoms with Crippen molar-refractivity contribution < 1.29 is 13.2 Å². The van der Waals surface area contributed by atoms with Crippen LogP contribution in [-0.2, 0) is 6.18 Å². The highest BCUT2D eigenvalue weighted by molar-refractivity contribution is 5.45. The van der Waals surface area contributed by atoms with Crippen molar-refractivity contribution in [1.29, 1.82) is 10.5 Å². The van der Waals surface area contributed by atoms with E-state index in [9.17, 15) is 13.2 Å². The summed E-state index contributed by atoms with van der Waals surface area (Å²) in [6.07, 6.45) is -3.27. The van der Waals surface area contributed by atoms with Crippen LogP contribution >= 0.6 is 0 Å². The summed E-state index contributed by atoms with van der Waals surface area (Å²) in [5.41, 5.74) is 4.41. The number of hydrogen-bond acceptors (Lipinski definition) is 4. The van der Waals surface area contributed by atoms with Crippen LogP contribution in [0.1, 0.15) is 5.56 Å². The molecule has 0 bridgehead atoms. The van der Waals surface area contributed by atoms with Crippen molar-refractivity contribution in [3.63, 3.8) is 0 Å². The van der Waals surface area contributed by atoms with Crippen LogP contribution in [0.2, 0.25) is 0 Å². The van der Waals surface area contributed by atoms with Gasteiger partial charge in [0.25, 0.3) is 0 Å². The maximum absolute atomic E-state index is 12.3. The Bertz CT molecular complexity index is 501. The molecule has 92 valence electrons. The standard InChI is InChI=1S/C11H7F3N4/c12-11(13,14)9-1-3-10(4-2-9)18-17-7-8(5-15)6-16/h1-4,7,17-18H. The average molecular weight is 252 g/mol. The number of nitriles is 2. The molecule has 1 aromatic carbocycles. The number of rotatable bonds is 3. The first-order chi connectivity index (χ1) is 8.47. The number of nitrogens with one attached hydrogen (secondary N) is 2. The molecule has 0 aliphatic carbocycles. The van der Waals surface area contributed by atoms with Gasteiger partial charge in [-0.3, -0.25) is 0 Å².